The van der Waals surface area contributed by atoms with E-state index in [-0.39, 0.29) is 5.91 Å². The largest absolute Gasteiger partial charge is 0.490 e. The van der Waals surface area contributed by atoms with Crippen molar-refractivity contribution in [1.29, 1.82) is 0 Å². The topological polar surface area (TPSA) is 96.3 Å². The molecule has 146 valence electrons. The van der Waals surface area contributed by atoms with E-state index < -0.39 is 12.1 Å². The summed E-state index contributed by atoms with van der Waals surface area (Å²) in [4.78, 5) is 21.1. The standard InChI is InChI=1S/C15H18N4O.C2HF3O2/c1-2-11-4-3-5-12(6-11)15(20)18-13-7-17-19(10-13)14-8-16-9-14;3-2(4,5)1(6)7/h3-7,10,14,16H,2,8-9H2,1H3,(H,18,20);(H,6,7). The average Bonchev–Trinajstić information content (AvgIpc) is 3.00. The van der Waals surface area contributed by atoms with Crippen molar-refractivity contribution in [3.8, 4) is 0 Å². The van der Waals surface area contributed by atoms with Gasteiger partial charge in [-0.2, -0.15) is 18.3 Å². The zero-order valence-corrected chi connectivity index (χ0v) is 14.5. The van der Waals surface area contributed by atoms with E-state index in [4.69, 9.17) is 9.90 Å². The van der Waals surface area contributed by atoms with Gasteiger partial charge in [0.15, 0.2) is 0 Å². The molecule has 1 saturated heterocycles. The molecule has 0 aliphatic carbocycles. The summed E-state index contributed by atoms with van der Waals surface area (Å²) in [6.45, 7) is 3.95. The third kappa shape index (κ3) is 5.81. The Balaban J connectivity index is 0.000000321. The van der Waals surface area contributed by atoms with Gasteiger partial charge in [0, 0.05) is 24.8 Å². The minimum Gasteiger partial charge on any atom is -0.475 e. The molecule has 1 fully saturated rings. The number of nitrogens with one attached hydrogen (secondary N) is 2. The van der Waals surface area contributed by atoms with Crippen molar-refractivity contribution < 1.29 is 27.9 Å². The number of anilines is 1. The maximum atomic E-state index is 12.2. The molecule has 3 N–H and O–H groups in total. The third-order valence-corrected chi connectivity index (χ3v) is 3.83. The number of aryl methyl sites for hydroxylation is 1. The van der Waals surface area contributed by atoms with Gasteiger partial charge >= 0.3 is 12.1 Å². The highest BCUT2D eigenvalue weighted by Crippen LogP contribution is 2.15. The number of carboxylic acids is 1. The molecule has 1 aromatic heterocycles. The fraction of sp³-hybridized carbons (Fsp3) is 0.353. The summed E-state index contributed by atoms with van der Waals surface area (Å²) in [5, 5.41) is 17.5. The number of halogens is 3. The van der Waals surface area contributed by atoms with Crippen LogP contribution in [0.2, 0.25) is 0 Å². The van der Waals surface area contributed by atoms with Crippen LogP contribution in [0.15, 0.2) is 36.7 Å². The van der Waals surface area contributed by atoms with Crippen LogP contribution < -0.4 is 10.6 Å². The van der Waals surface area contributed by atoms with Crippen LogP contribution in [0.1, 0.15) is 28.9 Å². The van der Waals surface area contributed by atoms with Gasteiger partial charge in [0.05, 0.1) is 17.9 Å². The molecule has 0 atom stereocenters. The van der Waals surface area contributed by atoms with E-state index in [9.17, 15) is 18.0 Å². The quantitative estimate of drug-likeness (QED) is 0.753. The van der Waals surface area contributed by atoms with Crippen molar-refractivity contribution in [3.63, 3.8) is 0 Å². The molecule has 2 aromatic rings. The molecule has 0 bridgehead atoms. The monoisotopic (exact) mass is 384 g/mol. The predicted molar refractivity (Wildman–Crippen MR) is 91.6 cm³/mol. The van der Waals surface area contributed by atoms with Gasteiger partial charge in [0.25, 0.3) is 5.91 Å². The molecule has 1 aliphatic rings. The smallest absolute Gasteiger partial charge is 0.475 e. The molecular weight excluding hydrogens is 365 g/mol. The van der Waals surface area contributed by atoms with Gasteiger partial charge in [-0.05, 0) is 24.1 Å². The highest BCUT2D eigenvalue weighted by Gasteiger charge is 2.38. The lowest BCUT2D eigenvalue weighted by Crippen LogP contribution is -2.43. The number of alkyl halides is 3. The Bertz CT molecular complexity index is 801. The highest BCUT2D eigenvalue weighted by atomic mass is 19.4. The van der Waals surface area contributed by atoms with E-state index in [2.05, 4.69) is 22.7 Å². The van der Waals surface area contributed by atoms with E-state index in [0.29, 0.717) is 11.6 Å². The van der Waals surface area contributed by atoms with Crippen LogP contribution in [0.25, 0.3) is 0 Å². The van der Waals surface area contributed by atoms with Crippen LogP contribution in [-0.4, -0.2) is 46.0 Å². The van der Waals surface area contributed by atoms with Crippen LogP contribution in [0.3, 0.4) is 0 Å². The maximum absolute atomic E-state index is 12.2. The van der Waals surface area contributed by atoms with Gasteiger partial charge in [-0.25, -0.2) is 4.79 Å². The minimum absolute atomic E-state index is 0.0911. The van der Waals surface area contributed by atoms with Gasteiger partial charge in [-0.3, -0.25) is 9.48 Å². The first-order chi connectivity index (χ1) is 12.7. The Hall–Kier alpha value is -2.88. The molecule has 1 aliphatic heterocycles. The summed E-state index contributed by atoms with van der Waals surface area (Å²) in [5.74, 6) is -2.85. The summed E-state index contributed by atoms with van der Waals surface area (Å²) in [7, 11) is 0. The summed E-state index contributed by atoms with van der Waals surface area (Å²) in [6.07, 6.45) is -0.583. The normalized spacial score (nSPS) is 13.9. The van der Waals surface area contributed by atoms with Crippen LogP contribution in [0.4, 0.5) is 18.9 Å². The molecular formula is C17H19F3N4O3. The van der Waals surface area contributed by atoms with E-state index in [1.165, 1.54) is 0 Å². The van der Waals surface area contributed by atoms with E-state index in [1.807, 2.05) is 35.1 Å². The molecule has 0 unspecified atom stereocenters. The first kappa shape index (κ1) is 20.4. The molecule has 7 nitrogen and oxygen atoms in total. The van der Waals surface area contributed by atoms with Gasteiger partial charge < -0.3 is 15.7 Å². The van der Waals surface area contributed by atoms with Crippen molar-refractivity contribution in [2.24, 2.45) is 0 Å². The fourth-order valence-electron chi connectivity index (χ4n) is 2.20. The number of nitrogens with zero attached hydrogens (tertiary/aromatic N) is 2. The second-order valence-electron chi connectivity index (χ2n) is 5.83. The number of rotatable bonds is 4. The Morgan fingerprint density at radius 2 is 2.04 bits per heavy atom. The third-order valence-electron chi connectivity index (χ3n) is 3.83. The van der Waals surface area contributed by atoms with Crippen molar-refractivity contribution in [3.05, 3.63) is 47.8 Å². The lowest BCUT2D eigenvalue weighted by Gasteiger charge is -2.27. The molecule has 27 heavy (non-hydrogen) atoms. The summed E-state index contributed by atoms with van der Waals surface area (Å²) in [5.41, 5.74) is 2.58. The highest BCUT2D eigenvalue weighted by molar-refractivity contribution is 6.04. The molecule has 1 amide bonds. The molecule has 2 heterocycles. The van der Waals surface area contributed by atoms with Crippen molar-refractivity contribution in [1.82, 2.24) is 15.1 Å². The number of aromatic nitrogens is 2. The Labute approximate surface area is 153 Å². The molecule has 3 rings (SSSR count). The summed E-state index contributed by atoms with van der Waals surface area (Å²) >= 11 is 0. The van der Waals surface area contributed by atoms with Gasteiger partial charge in [-0.15, -0.1) is 0 Å². The number of aliphatic carboxylic acids is 1. The molecule has 0 spiro atoms. The summed E-state index contributed by atoms with van der Waals surface area (Å²) < 4.78 is 33.6. The van der Waals surface area contributed by atoms with E-state index >= 15 is 0 Å². The number of carbonyl (C=O) groups excluding carboxylic acids is 1. The fourth-order valence-corrected chi connectivity index (χ4v) is 2.20. The first-order valence-electron chi connectivity index (χ1n) is 8.16. The van der Waals surface area contributed by atoms with Crippen molar-refractivity contribution in [2.75, 3.05) is 18.4 Å². The lowest BCUT2D eigenvalue weighted by molar-refractivity contribution is -0.192. The van der Waals surface area contributed by atoms with E-state index in [1.54, 1.807) is 6.20 Å². The van der Waals surface area contributed by atoms with Gasteiger partial charge in [0.1, 0.15) is 0 Å². The zero-order chi connectivity index (χ0) is 20.0. The second-order valence-corrected chi connectivity index (χ2v) is 5.83. The van der Waals surface area contributed by atoms with E-state index in [0.717, 1.165) is 30.8 Å². The minimum atomic E-state index is -5.08. The van der Waals surface area contributed by atoms with Crippen LogP contribution in [0.5, 0.6) is 0 Å². The zero-order valence-electron chi connectivity index (χ0n) is 14.5. The number of carbonyl (C=O) groups is 2. The van der Waals surface area contributed by atoms with Crippen LogP contribution in [0, 0.1) is 0 Å². The first-order valence-corrected chi connectivity index (χ1v) is 8.16. The lowest BCUT2D eigenvalue weighted by atomic mass is 10.1. The Morgan fingerprint density at radius 3 is 2.56 bits per heavy atom. The predicted octanol–water partition coefficient (Wildman–Crippen LogP) is 2.48. The SMILES string of the molecule is CCc1cccc(C(=O)Nc2cnn(C3CNC3)c2)c1.O=C(O)C(F)(F)F. The van der Waals surface area contributed by atoms with Crippen molar-refractivity contribution in [2.45, 2.75) is 25.6 Å². The van der Waals surface area contributed by atoms with Gasteiger partial charge in [-0.1, -0.05) is 19.1 Å². The second kappa shape index (κ2) is 8.67. The van der Waals surface area contributed by atoms with Gasteiger partial charge in [0.2, 0.25) is 0 Å². The number of hydrogen-bond donors (Lipinski definition) is 3. The molecule has 1 aromatic carbocycles. The molecule has 0 radical (unpaired) electrons. The number of carboxylic acid groups (broad SMARTS) is 1. The number of amides is 1. The van der Waals surface area contributed by atoms with Crippen molar-refractivity contribution >= 4 is 17.6 Å². The van der Waals surface area contributed by atoms with Crippen LogP contribution in [-0.2, 0) is 11.2 Å². The Morgan fingerprint density at radius 1 is 1.37 bits per heavy atom. The Kier molecular flexibility index (Phi) is 6.56. The summed E-state index contributed by atoms with van der Waals surface area (Å²) in [6, 6.07) is 8.10. The average molecular weight is 384 g/mol. The van der Waals surface area contributed by atoms with Crippen LogP contribution >= 0.6 is 0 Å². The number of benzene rings is 1. The number of hydrogen-bond acceptors (Lipinski definition) is 4. The molecule has 0 saturated carbocycles. The molecule has 10 heteroatoms. The maximum Gasteiger partial charge on any atom is 0.490 e.